The van der Waals surface area contributed by atoms with Crippen molar-refractivity contribution in [1.82, 2.24) is 4.90 Å². The number of allylic oxidation sites excluding steroid dienone is 1. The van der Waals surface area contributed by atoms with Crippen LogP contribution in [-0.4, -0.2) is 69.1 Å². The van der Waals surface area contributed by atoms with E-state index in [1.165, 1.54) is 11.8 Å². The Morgan fingerprint density at radius 1 is 1.16 bits per heavy atom. The van der Waals surface area contributed by atoms with E-state index in [9.17, 15) is 19.5 Å². The molecule has 4 heterocycles. The third-order valence-electron chi connectivity index (χ3n) is 8.68. The predicted octanol–water partition coefficient (Wildman–Crippen LogP) is 4.23. The van der Waals surface area contributed by atoms with E-state index < -0.39 is 39.4 Å². The van der Waals surface area contributed by atoms with Crippen molar-refractivity contribution in [2.75, 3.05) is 24.7 Å². The number of aliphatic hydroxyl groups is 1. The lowest BCUT2D eigenvalue weighted by Crippen LogP contribution is -2.58. The van der Waals surface area contributed by atoms with Crippen molar-refractivity contribution in [2.45, 2.75) is 61.6 Å². The Morgan fingerprint density at radius 2 is 1.92 bits per heavy atom. The van der Waals surface area contributed by atoms with Crippen LogP contribution >= 0.6 is 23.4 Å². The lowest BCUT2D eigenvalue weighted by molar-refractivity contribution is -0.154. The van der Waals surface area contributed by atoms with Crippen LogP contribution in [0, 0.1) is 17.8 Å². The smallest absolute Gasteiger partial charge is 0.311 e. The van der Waals surface area contributed by atoms with Gasteiger partial charge in [0.15, 0.2) is 0 Å². The van der Waals surface area contributed by atoms with E-state index in [-0.39, 0.29) is 30.9 Å². The summed E-state index contributed by atoms with van der Waals surface area (Å²) >= 11 is 8.04. The highest BCUT2D eigenvalue weighted by molar-refractivity contribution is 8.02. The standard InChI is InChI=1S/C29H35ClN2O5S/c1-4-18(2)21(17-33)32-24-26(35)31(20-12-7-6-11-19(20)30)15-10-14-29(24)22(25(32)34)23-27(36)37-16-9-5-8-13-28(23,3)38-29/h6-8,10-14,18,21-24,33H,4-5,9,15-17H2,1-3H3/b13-8-/t18-,21-,22-,23-,24?,28+,29-/m0/s1. The highest BCUT2D eigenvalue weighted by Gasteiger charge is 2.74. The molecular weight excluding hydrogens is 524 g/mol. The van der Waals surface area contributed by atoms with Gasteiger partial charge in [-0.2, -0.15) is 0 Å². The lowest BCUT2D eigenvalue weighted by Gasteiger charge is -2.41. The van der Waals surface area contributed by atoms with Gasteiger partial charge in [0.2, 0.25) is 5.91 Å². The molecule has 0 radical (unpaired) electrons. The predicted molar refractivity (Wildman–Crippen MR) is 149 cm³/mol. The molecule has 9 heteroatoms. The first-order chi connectivity index (χ1) is 18.2. The second kappa shape index (κ2) is 10.4. The van der Waals surface area contributed by atoms with Crippen molar-refractivity contribution >= 4 is 46.8 Å². The van der Waals surface area contributed by atoms with Gasteiger partial charge in [0, 0.05) is 11.3 Å². The molecule has 0 aromatic heterocycles. The molecule has 204 valence electrons. The number of anilines is 1. The molecule has 4 aliphatic heterocycles. The first kappa shape index (κ1) is 27.3. The summed E-state index contributed by atoms with van der Waals surface area (Å²) in [6.45, 7) is 6.25. The molecule has 0 saturated carbocycles. The number of likely N-dealkylation sites (tertiary alicyclic amines) is 1. The van der Waals surface area contributed by atoms with E-state index >= 15 is 0 Å². The van der Waals surface area contributed by atoms with E-state index in [0.29, 0.717) is 17.3 Å². The molecule has 0 aliphatic carbocycles. The van der Waals surface area contributed by atoms with Gasteiger partial charge >= 0.3 is 5.97 Å². The largest absolute Gasteiger partial charge is 0.465 e. The van der Waals surface area contributed by atoms with Gasteiger partial charge in [0.1, 0.15) is 6.04 Å². The number of carbonyl (C=O) groups excluding carboxylic acids is 3. The molecule has 1 unspecified atom stereocenters. The number of rotatable bonds is 5. The highest BCUT2D eigenvalue weighted by Crippen LogP contribution is 2.65. The number of benzene rings is 1. The third kappa shape index (κ3) is 4.11. The van der Waals surface area contributed by atoms with Crippen LogP contribution in [0.1, 0.15) is 40.0 Å². The molecule has 2 saturated heterocycles. The first-order valence-electron chi connectivity index (χ1n) is 13.4. The minimum absolute atomic E-state index is 0.0580. The third-order valence-corrected chi connectivity index (χ3v) is 10.8. The second-order valence-corrected chi connectivity index (χ2v) is 13.1. The molecule has 0 bridgehead atoms. The number of nitrogens with zero attached hydrogens (tertiary/aromatic N) is 2. The minimum atomic E-state index is -1.01. The maximum absolute atomic E-state index is 14.6. The molecule has 5 rings (SSSR count). The summed E-state index contributed by atoms with van der Waals surface area (Å²) in [5.41, 5.74) is 0.567. The van der Waals surface area contributed by atoms with Crippen LogP contribution in [0.15, 0.2) is 48.6 Å². The van der Waals surface area contributed by atoms with Crippen molar-refractivity contribution in [1.29, 1.82) is 0 Å². The zero-order chi connectivity index (χ0) is 27.2. The number of fused-ring (bicyclic) bond motifs is 2. The van der Waals surface area contributed by atoms with Gasteiger partial charge < -0.3 is 19.6 Å². The zero-order valence-electron chi connectivity index (χ0n) is 22.0. The van der Waals surface area contributed by atoms with Crippen LogP contribution in [-0.2, 0) is 19.1 Å². The summed E-state index contributed by atoms with van der Waals surface area (Å²) in [4.78, 5) is 45.9. The summed E-state index contributed by atoms with van der Waals surface area (Å²) in [6.07, 6.45) is 10.2. The van der Waals surface area contributed by atoms with Crippen LogP contribution in [0.25, 0.3) is 0 Å². The van der Waals surface area contributed by atoms with Crippen LogP contribution in [0.4, 0.5) is 5.69 Å². The van der Waals surface area contributed by atoms with Gasteiger partial charge in [-0.05, 0) is 37.8 Å². The van der Waals surface area contributed by atoms with Gasteiger partial charge in [-0.1, -0.05) is 68.3 Å². The number of para-hydroxylation sites is 1. The van der Waals surface area contributed by atoms with Crippen LogP contribution in [0.5, 0.6) is 0 Å². The number of aliphatic hydroxyl groups excluding tert-OH is 1. The maximum Gasteiger partial charge on any atom is 0.311 e. The topological polar surface area (TPSA) is 87.2 Å². The summed E-state index contributed by atoms with van der Waals surface area (Å²) in [5, 5.41) is 11.0. The molecule has 1 aromatic carbocycles. The fourth-order valence-corrected chi connectivity index (χ4v) is 9.01. The van der Waals surface area contributed by atoms with Crippen LogP contribution in [0.3, 0.4) is 0 Å². The average molecular weight is 559 g/mol. The summed E-state index contributed by atoms with van der Waals surface area (Å²) in [6, 6.07) is 5.68. The lowest BCUT2D eigenvalue weighted by atomic mass is 9.74. The summed E-state index contributed by atoms with van der Waals surface area (Å²) in [7, 11) is 0. The molecule has 1 aromatic rings. The van der Waals surface area contributed by atoms with Gasteiger partial charge in [-0.25, -0.2) is 0 Å². The zero-order valence-corrected chi connectivity index (χ0v) is 23.6. The quantitative estimate of drug-likeness (QED) is 0.430. The number of halogens is 1. The van der Waals surface area contributed by atoms with E-state index in [0.717, 1.165) is 19.3 Å². The van der Waals surface area contributed by atoms with E-state index in [4.69, 9.17) is 16.3 Å². The molecular formula is C29H35ClN2O5S. The second-order valence-electron chi connectivity index (χ2n) is 10.9. The molecule has 2 fully saturated rings. The van der Waals surface area contributed by atoms with Crippen molar-refractivity contribution < 1.29 is 24.2 Å². The minimum Gasteiger partial charge on any atom is -0.465 e. The van der Waals surface area contributed by atoms with Crippen molar-refractivity contribution in [3.05, 3.63) is 53.6 Å². The fraction of sp³-hybridized carbons (Fsp3) is 0.552. The van der Waals surface area contributed by atoms with E-state index in [2.05, 4.69) is 6.08 Å². The summed E-state index contributed by atoms with van der Waals surface area (Å²) < 4.78 is 3.94. The molecule has 4 aliphatic rings. The Kier molecular flexibility index (Phi) is 7.44. The normalized spacial score (nSPS) is 35.3. The number of thioether (sulfide) groups is 1. The number of cyclic esters (lactones) is 1. The Balaban J connectivity index is 1.70. The Bertz CT molecular complexity index is 1190. The number of hydrogen-bond donors (Lipinski definition) is 1. The molecule has 1 spiro atoms. The van der Waals surface area contributed by atoms with Gasteiger partial charge in [0.05, 0.1) is 46.5 Å². The van der Waals surface area contributed by atoms with E-state index in [1.807, 2.05) is 51.1 Å². The number of amides is 2. The number of esters is 1. The number of carbonyl (C=O) groups is 3. The average Bonchev–Trinajstić information content (AvgIpc) is 3.24. The summed E-state index contributed by atoms with van der Waals surface area (Å²) in [5.74, 6) is -2.57. The molecule has 2 amide bonds. The maximum atomic E-state index is 14.6. The molecule has 38 heavy (non-hydrogen) atoms. The van der Waals surface area contributed by atoms with Gasteiger partial charge in [0.25, 0.3) is 5.91 Å². The Morgan fingerprint density at radius 3 is 2.63 bits per heavy atom. The highest BCUT2D eigenvalue weighted by atomic mass is 35.5. The fourth-order valence-electron chi connectivity index (χ4n) is 6.63. The number of hydrogen-bond acceptors (Lipinski definition) is 6. The van der Waals surface area contributed by atoms with Crippen molar-refractivity contribution in [2.24, 2.45) is 17.8 Å². The van der Waals surface area contributed by atoms with Crippen LogP contribution < -0.4 is 4.90 Å². The molecule has 1 N–H and O–H groups in total. The Labute approximate surface area is 233 Å². The van der Waals surface area contributed by atoms with Crippen molar-refractivity contribution in [3.8, 4) is 0 Å². The Hall–Kier alpha value is -2.29. The van der Waals surface area contributed by atoms with Gasteiger partial charge in [-0.15, -0.1) is 11.8 Å². The van der Waals surface area contributed by atoms with Crippen LogP contribution in [0.2, 0.25) is 5.02 Å². The van der Waals surface area contributed by atoms with E-state index in [1.54, 1.807) is 21.9 Å². The SMILES string of the molecule is CC[C@H](C)[C@H](CO)N1C(=O)[C@@H]2[C@H]3C(=O)OCCC/C=C\[C@@]3(C)S[C@@]23C=CCN(c2ccccc2Cl)C(=O)C13. The molecule has 7 atom stereocenters. The molecule has 7 nitrogen and oxygen atoms in total. The van der Waals surface area contributed by atoms with Gasteiger partial charge in [-0.3, -0.25) is 14.4 Å². The number of ether oxygens (including phenoxy) is 1. The first-order valence-corrected chi connectivity index (χ1v) is 14.6. The van der Waals surface area contributed by atoms with Crippen molar-refractivity contribution in [3.63, 3.8) is 0 Å². The monoisotopic (exact) mass is 558 g/mol.